The zero-order valence-corrected chi connectivity index (χ0v) is 12.4. The van der Waals surface area contributed by atoms with Crippen molar-refractivity contribution in [2.75, 3.05) is 18.0 Å². The summed E-state index contributed by atoms with van der Waals surface area (Å²) in [6.07, 6.45) is 1.17. The van der Waals surface area contributed by atoms with Gasteiger partial charge in [0.1, 0.15) is 5.82 Å². The molecule has 3 heteroatoms. The molecule has 1 fully saturated rings. The Bertz CT molecular complexity index is 433. The van der Waals surface area contributed by atoms with Gasteiger partial charge < -0.3 is 10.2 Å². The van der Waals surface area contributed by atoms with Crippen LogP contribution in [0.2, 0.25) is 0 Å². The highest BCUT2D eigenvalue weighted by Crippen LogP contribution is 2.24. The van der Waals surface area contributed by atoms with Gasteiger partial charge in [0.2, 0.25) is 0 Å². The van der Waals surface area contributed by atoms with E-state index in [2.05, 4.69) is 31.0 Å². The Morgan fingerprint density at radius 1 is 1.47 bits per heavy atom. The Morgan fingerprint density at radius 2 is 2.21 bits per heavy atom. The van der Waals surface area contributed by atoms with Gasteiger partial charge in [0.05, 0.1) is 0 Å². The van der Waals surface area contributed by atoms with E-state index < -0.39 is 0 Å². The summed E-state index contributed by atoms with van der Waals surface area (Å²) in [5, 5.41) is 3.61. The van der Waals surface area contributed by atoms with Crippen LogP contribution in [0.4, 0.5) is 10.1 Å². The molecule has 0 aliphatic carbocycles. The van der Waals surface area contributed by atoms with Crippen LogP contribution in [0.1, 0.15) is 32.8 Å². The lowest BCUT2D eigenvalue weighted by Gasteiger charge is -2.42. The zero-order chi connectivity index (χ0) is 14.0. The summed E-state index contributed by atoms with van der Waals surface area (Å²) >= 11 is 0. The summed E-state index contributed by atoms with van der Waals surface area (Å²) in [6, 6.07) is 6.48. The molecule has 0 radical (unpaired) electrons. The highest BCUT2D eigenvalue weighted by molar-refractivity contribution is 5.49. The van der Waals surface area contributed by atoms with Gasteiger partial charge in [-0.3, -0.25) is 0 Å². The maximum absolute atomic E-state index is 13.7. The number of halogens is 1. The van der Waals surface area contributed by atoms with Crippen molar-refractivity contribution in [3.63, 3.8) is 0 Å². The molecular weight excluding hydrogens is 239 g/mol. The number of benzene rings is 1. The smallest absolute Gasteiger partial charge is 0.128 e. The molecule has 0 aromatic heterocycles. The first-order valence-electron chi connectivity index (χ1n) is 7.29. The lowest BCUT2D eigenvalue weighted by molar-refractivity contribution is 0.315. The summed E-state index contributed by atoms with van der Waals surface area (Å²) in [7, 11) is 0. The molecule has 1 N–H and O–H groups in total. The van der Waals surface area contributed by atoms with E-state index in [1.807, 2.05) is 19.1 Å². The first-order valence-corrected chi connectivity index (χ1v) is 7.29. The molecule has 1 aliphatic heterocycles. The first-order chi connectivity index (χ1) is 9.02. The average molecular weight is 264 g/mol. The van der Waals surface area contributed by atoms with Crippen molar-refractivity contribution in [3.05, 3.63) is 29.6 Å². The summed E-state index contributed by atoms with van der Waals surface area (Å²) in [4.78, 5) is 2.33. The minimum Gasteiger partial charge on any atom is -0.366 e. The van der Waals surface area contributed by atoms with Crippen LogP contribution in [-0.4, -0.2) is 25.2 Å². The lowest BCUT2D eigenvalue weighted by atomic mass is 9.95. The average Bonchev–Trinajstić information content (AvgIpc) is 2.41. The van der Waals surface area contributed by atoms with Crippen molar-refractivity contribution < 1.29 is 4.39 Å². The molecule has 2 rings (SSSR count). The van der Waals surface area contributed by atoms with Crippen molar-refractivity contribution >= 4 is 5.69 Å². The van der Waals surface area contributed by atoms with Crippen molar-refractivity contribution in [1.82, 2.24) is 5.32 Å². The van der Waals surface area contributed by atoms with E-state index in [1.54, 1.807) is 6.07 Å². The summed E-state index contributed by atoms with van der Waals surface area (Å²) in [5.74, 6) is 0.536. The highest BCUT2D eigenvalue weighted by Gasteiger charge is 2.28. The van der Waals surface area contributed by atoms with Crippen molar-refractivity contribution in [3.8, 4) is 0 Å². The van der Waals surface area contributed by atoms with E-state index in [0.717, 1.165) is 18.8 Å². The second-order valence-electron chi connectivity index (χ2n) is 5.84. The minimum atomic E-state index is -0.108. The molecule has 2 nitrogen and oxygen atoms in total. The quantitative estimate of drug-likeness (QED) is 0.900. The van der Waals surface area contributed by atoms with Crippen molar-refractivity contribution in [1.29, 1.82) is 0 Å². The molecule has 106 valence electrons. The maximum atomic E-state index is 13.7. The number of anilines is 1. The number of nitrogens with zero attached hydrogens (tertiary/aromatic N) is 1. The van der Waals surface area contributed by atoms with E-state index in [1.165, 1.54) is 6.42 Å². The number of piperazine rings is 1. The van der Waals surface area contributed by atoms with E-state index in [-0.39, 0.29) is 5.82 Å². The third kappa shape index (κ3) is 3.08. The second-order valence-corrected chi connectivity index (χ2v) is 5.84. The van der Waals surface area contributed by atoms with E-state index in [9.17, 15) is 4.39 Å². The predicted octanol–water partition coefficient (Wildman–Crippen LogP) is 3.35. The first kappa shape index (κ1) is 14.3. The van der Waals surface area contributed by atoms with Gasteiger partial charge in [-0.05, 0) is 37.5 Å². The zero-order valence-electron chi connectivity index (χ0n) is 12.4. The Balaban J connectivity index is 2.18. The number of hydrogen-bond acceptors (Lipinski definition) is 2. The fraction of sp³-hybridized carbons (Fsp3) is 0.625. The van der Waals surface area contributed by atoms with Gasteiger partial charge in [-0.1, -0.05) is 26.3 Å². The Hall–Kier alpha value is -1.09. The van der Waals surface area contributed by atoms with Crippen LogP contribution in [0.3, 0.4) is 0 Å². The molecule has 0 amide bonds. The fourth-order valence-electron chi connectivity index (χ4n) is 2.67. The highest BCUT2D eigenvalue weighted by atomic mass is 19.1. The van der Waals surface area contributed by atoms with Gasteiger partial charge >= 0.3 is 0 Å². The Morgan fingerprint density at radius 3 is 2.84 bits per heavy atom. The molecule has 0 spiro atoms. The number of aryl methyl sites for hydroxylation is 1. The molecular formula is C16H25FN2. The van der Waals surface area contributed by atoms with Gasteiger partial charge in [-0.15, -0.1) is 0 Å². The molecule has 1 aromatic rings. The Labute approximate surface area is 116 Å². The normalized spacial score (nSPS) is 25.4. The van der Waals surface area contributed by atoms with Gasteiger partial charge in [-0.25, -0.2) is 4.39 Å². The molecule has 1 aliphatic rings. The van der Waals surface area contributed by atoms with E-state index >= 15 is 0 Å². The maximum Gasteiger partial charge on any atom is 0.128 e. The third-order valence-electron chi connectivity index (χ3n) is 4.42. The van der Waals surface area contributed by atoms with Crippen LogP contribution in [0, 0.1) is 18.7 Å². The topological polar surface area (TPSA) is 15.3 Å². The molecule has 1 aromatic carbocycles. The van der Waals surface area contributed by atoms with Gasteiger partial charge in [-0.2, -0.15) is 0 Å². The molecule has 1 saturated heterocycles. The van der Waals surface area contributed by atoms with Gasteiger partial charge in [0.25, 0.3) is 0 Å². The Kier molecular flexibility index (Phi) is 4.46. The number of nitrogens with one attached hydrogen (secondary N) is 1. The molecule has 0 saturated carbocycles. The molecule has 0 bridgehead atoms. The van der Waals surface area contributed by atoms with Crippen molar-refractivity contribution in [2.24, 2.45) is 5.92 Å². The third-order valence-corrected chi connectivity index (χ3v) is 4.42. The number of rotatable bonds is 3. The molecule has 1 heterocycles. The van der Waals surface area contributed by atoms with E-state index in [4.69, 9.17) is 0 Å². The minimum absolute atomic E-state index is 0.108. The van der Waals surface area contributed by atoms with Crippen LogP contribution >= 0.6 is 0 Å². The predicted molar refractivity (Wildman–Crippen MR) is 79.2 cm³/mol. The molecule has 3 unspecified atom stereocenters. The van der Waals surface area contributed by atoms with Gasteiger partial charge in [0.15, 0.2) is 0 Å². The monoisotopic (exact) mass is 264 g/mol. The van der Waals surface area contributed by atoms with Crippen molar-refractivity contribution in [2.45, 2.75) is 46.2 Å². The number of hydrogen-bond donors (Lipinski definition) is 1. The van der Waals surface area contributed by atoms with Crippen LogP contribution < -0.4 is 10.2 Å². The summed E-state index contributed by atoms with van der Waals surface area (Å²) in [5.41, 5.74) is 1.72. The second kappa shape index (κ2) is 5.91. The summed E-state index contributed by atoms with van der Waals surface area (Å²) < 4.78 is 13.7. The SMILES string of the molecule is CCC(C)C1CN(c2ccc(C)c(F)c2)C(C)CN1. The van der Waals surface area contributed by atoms with Gasteiger partial charge in [0, 0.05) is 30.9 Å². The molecule has 19 heavy (non-hydrogen) atoms. The van der Waals surface area contributed by atoms with Crippen LogP contribution in [0.5, 0.6) is 0 Å². The summed E-state index contributed by atoms with van der Waals surface area (Å²) in [6.45, 7) is 10.4. The molecule has 3 atom stereocenters. The lowest BCUT2D eigenvalue weighted by Crippen LogP contribution is -2.57. The van der Waals surface area contributed by atoms with Crippen LogP contribution in [0.25, 0.3) is 0 Å². The van der Waals surface area contributed by atoms with Crippen LogP contribution in [-0.2, 0) is 0 Å². The largest absolute Gasteiger partial charge is 0.366 e. The van der Waals surface area contributed by atoms with Crippen LogP contribution in [0.15, 0.2) is 18.2 Å². The standard InChI is InChI=1S/C16H25FN2/c1-5-11(2)16-10-19(13(4)9-18-16)14-7-6-12(3)15(17)8-14/h6-8,11,13,16,18H,5,9-10H2,1-4H3. The fourth-order valence-corrected chi connectivity index (χ4v) is 2.67. The van der Waals surface area contributed by atoms with E-state index in [0.29, 0.717) is 23.6 Å².